The number of carbonyl (C=O) groups excluding carboxylic acids is 1. The van der Waals surface area contributed by atoms with Crippen molar-refractivity contribution in [1.29, 1.82) is 0 Å². The molecule has 4 heterocycles. The Labute approximate surface area is 185 Å². The second-order valence-corrected chi connectivity index (χ2v) is 8.26. The van der Waals surface area contributed by atoms with Crippen molar-refractivity contribution >= 4 is 11.8 Å². The van der Waals surface area contributed by atoms with Crippen molar-refractivity contribution in [2.45, 2.75) is 6.10 Å². The van der Waals surface area contributed by atoms with Gasteiger partial charge in [0.1, 0.15) is 11.9 Å². The number of likely N-dealkylation sites (N-methyl/N-ethyl adjacent to an activating group) is 1. The van der Waals surface area contributed by atoms with Crippen LogP contribution < -0.4 is 4.90 Å². The maximum Gasteiger partial charge on any atom is 0.414 e. The molecule has 0 spiro atoms. The van der Waals surface area contributed by atoms with Gasteiger partial charge >= 0.3 is 6.09 Å². The number of benzene rings is 1. The Bertz CT molecular complexity index is 1100. The molecule has 8 nitrogen and oxygen atoms in total. The van der Waals surface area contributed by atoms with E-state index in [0.717, 1.165) is 26.2 Å². The summed E-state index contributed by atoms with van der Waals surface area (Å²) >= 11 is 0. The number of nitrogens with zero attached hydrogens (tertiary/aromatic N) is 5. The van der Waals surface area contributed by atoms with Gasteiger partial charge in [0.25, 0.3) is 0 Å². The third-order valence-electron chi connectivity index (χ3n) is 6.05. The number of pyridine rings is 1. The highest BCUT2D eigenvalue weighted by molar-refractivity contribution is 5.90. The van der Waals surface area contributed by atoms with Crippen molar-refractivity contribution in [2.75, 3.05) is 51.2 Å². The van der Waals surface area contributed by atoms with E-state index in [0.29, 0.717) is 41.3 Å². The number of nitrogens with one attached hydrogen (secondary N) is 1. The Morgan fingerprint density at radius 2 is 2.00 bits per heavy atom. The van der Waals surface area contributed by atoms with Crippen molar-refractivity contribution in [2.24, 2.45) is 0 Å². The average molecular weight is 436 g/mol. The zero-order valence-corrected chi connectivity index (χ0v) is 17.9. The van der Waals surface area contributed by atoms with E-state index in [-0.39, 0.29) is 6.10 Å². The van der Waals surface area contributed by atoms with Gasteiger partial charge < -0.3 is 9.64 Å². The summed E-state index contributed by atoms with van der Waals surface area (Å²) in [6.45, 7) is 5.02. The first-order chi connectivity index (χ1) is 15.6. The number of anilines is 1. The predicted octanol–water partition coefficient (Wildman–Crippen LogP) is 2.85. The smallest absolute Gasteiger partial charge is 0.414 e. The molecule has 0 aliphatic carbocycles. The number of amides is 1. The zero-order chi connectivity index (χ0) is 22.1. The fourth-order valence-corrected chi connectivity index (χ4v) is 4.23. The summed E-state index contributed by atoms with van der Waals surface area (Å²) < 4.78 is 20.7. The number of carbonyl (C=O) groups is 1. The summed E-state index contributed by atoms with van der Waals surface area (Å²) in [5.41, 5.74) is 2.81. The summed E-state index contributed by atoms with van der Waals surface area (Å²) in [4.78, 5) is 22.9. The third kappa shape index (κ3) is 4.09. The van der Waals surface area contributed by atoms with Crippen LogP contribution in [-0.4, -0.2) is 83.5 Å². The van der Waals surface area contributed by atoms with Crippen LogP contribution >= 0.6 is 0 Å². The van der Waals surface area contributed by atoms with E-state index in [4.69, 9.17) is 4.74 Å². The zero-order valence-electron chi connectivity index (χ0n) is 17.9. The maximum absolute atomic E-state index is 15.1. The molecule has 0 bridgehead atoms. The van der Waals surface area contributed by atoms with Gasteiger partial charge in [-0.15, -0.1) is 0 Å². The van der Waals surface area contributed by atoms with Gasteiger partial charge in [-0.1, -0.05) is 6.07 Å². The van der Waals surface area contributed by atoms with E-state index >= 15 is 4.39 Å². The van der Waals surface area contributed by atoms with Crippen LogP contribution in [0.5, 0.6) is 0 Å². The number of aromatic amines is 1. The Hall–Kier alpha value is -3.30. The molecular formula is C23H25FN6O2. The molecule has 2 fully saturated rings. The molecule has 1 amide bonds. The SMILES string of the molecule is CN1CCN(CC2CN(c3ccc(-c4[nH]ncc4-c4ccccn4)c(F)c3)C(=O)O2)CC1. The fourth-order valence-electron chi connectivity index (χ4n) is 4.23. The molecule has 2 aromatic heterocycles. The topological polar surface area (TPSA) is 77.6 Å². The summed E-state index contributed by atoms with van der Waals surface area (Å²) in [6, 6.07) is 10.3. The van der Waals surface area contributed by atoms with Crippen LogP contribution in [0.15, 0.2) is 48.8 Å². The molecule has 0 saturated carbocycles. The van der Waals surface area contributed by atoms with Gasteiger partial charge in [0.15, 0.2) is 0 Å². The molecule has 2 aliphatic rings. The third-order valence-corrected chi connectivity index (χ3v) is 6.05. The standard InChI is InChI=1S/C23H25FN6O2/c1-28-8-10-29(11-9-28)14-17-15-30(23(31)32-17)16-5-6-18(20(24)12-16)22-19(13-26-27-22)21-4-2-3-7-25-21/h2-7,12-13,17H,8-11,14-15H2,1H3,(H,26,27). The number of halogens is 1. The Kier molecular flexibility index (Phi) is 5.59. The van der Waals surface area contributed by atoms with E-state index in [1.807, 2.05) is 18.2 Å². The molecule has 32 heavy (non-hydrogen) atoms. The van der Waals surface area contributed by atoms with E-state index in [9.17, 15) is 4.79 Å². The first-order valence-corrected chi connectivity index (χ1v) is 10.7. The summed E-state index contributed by atoms with van der Waals surface area (Å²) in [5, 5.41) is 6.94. The first kappa shape index (κ1) is 20.6. The van der Waals surface area contributed by atoms with E-state index < -0.39 is 11.9 Å². The van der Waals surface area contributed by atoms with Crippen molar-refractivity contribution in [3.05, 3.63) is 54.6 Å². The number of aromatic nitrogens is 3. The monoisotopic (exact) mass is 436 g/mol. The molecule has 2 saturated heterocycles. The van der Waals surface area contributed by atoms with Crippen molar-refractivity contribution < 1.29 is 13.9 Å². The minimum Gasteiger partial charge on any atom is -0.443 e. The highest BCUT2D eigenvalue weighted by Gasteiger charge is 2.34. The lowest BCUT2D eigenvalue weighted by atomic mass is 10.0. The van der Waals surface area contributed by atoms with Crippen molar-refractivity contribution in [1.82, 2.24) is 25.0 Å². The number of hydrogen-bond acceptors (Lipinski definition) is 6. The van der Waals surface area contributed by atoms with Crippen LogP contribution in [0.1, 0.15) is 0 Å². The van der Waals surface area contributed by atoms with Crippen LogP contribution in [0.25, 0.3) is 22.5 Å². The molecule has 5 rings (SSSR count). The minimum atomic E-state index is -0.445. The Balaban J connectivity index is 1.32. The summed E-state index contributed by atoms with van der Waals surface area (Å²) in [5.74, 6) is -0.445. The van der Waals surface area contributed by atoms with Crippen molar-refractivity contribution in [3.63, 3.8) is 0 Å². The Morgan fingerprint density at radius 3 is 2.75 bits per heavy atom. The molecule has 1 atom stereocenters. The largest absolute Gasteiger partial charge is 0.443 e. The van der Waals surface area contributed by atoms with E-state index in [1.54, 1.807) is 24.5 Å². The van der Waals surface area contributed by atoms with Gasteiger partial charge in [-0.05, 0) is 37.4 Å². The second kappa shape index (κ2) is 8.68. The number of rotatable bonds is 5. The predicted molar refractivity (Wildman–Crippen MR) is 119 cm³/mol. The van der Waals surface area contributed by atoms with Gasteiger partial charge in [-0.2, -0.15) is 5.10 Å². The molecule has 2 aliphatic heterocycles. The second-order valence-electron chi connectivity index (χ2n) is 8.26. The number of hydrogen-bond donors (Lipinski definition) is 1. The number of cyclic esters (lactones) is 1. The van der Waals surface area contributed by atoms with Crippen molar-refractivity contribution in [3.8, 4) is 22.5 Å². The maximum atomic E-state index is 15.1. The van der Waals surface area contributed by atoms with Crippen LogP contribution in [0, 0.1) is 5.82 Å². The molecule has 9 heteroatoms. The lowest BCUT2D eigenvalue weighted by Gasteiger charge is -2.33. The van der Waals surface area contributed by atoms with Crippen LogP contribution in [-0.2, 0) is 4.74 Å². The van der Waals surface area contributed by atoms with Gasteiger partial charge in [-0.3, -0.25) is 19.9 Å². The molecule has 1 N–H and O–H groups in total. The normalized spacial score (nSPS) is 20.0. The highest BCUT2D eigenvalue weighted by Crippen LogP contribution is 2.33. The quantitative estimate of drug-likeness (QED) is 0.663. The lowest BCUT2D eigenvalue weighted by Crippen LogP contribution is -2.47. The van der Waals surface area contributed by atoms with Crippen LogP contribution in [0.3, 0.4) is 0 Å². The molecule has 1 aromatic carbocycles. The highest BCUT2D eigenvalue weighted by atomic mass is 19.1. The lowest BCUT2D eigenvalue weighted by molar-refractivity contribution is 0.0841. The van der Waals surface area contributed by atoms with E-state index in [1.165, 1.54) is 11.0 Å². The number of ether oxygens (including phenoxy) is 1. The molecule has 0 radical (unpaired) electrons. The van der Waals surface area contributed by atoms with Gasteiger partial charge in [0, 0.05) is 50.0 Å². The Morgan fingerprint density at radius 1 is 1.16 bits per heavy atom. The molecule has 166 valence electrons. The van der Waals surface area contributed by atoms with Gasteiger partial charge in [0.2, 0.25) is 0 Å². The van der Waals surface area contributed by atoms with E-state index in [2.05, 4.69) is 32.0 Å². The molecule has 1 unspecified atom stereocenters. The number of piperazine rings is 1. The average Bonchev–Trinajstić information content (AvgIpc) is 3.42. The van der Waals surface area contributed by atoms with Gasteiger partial charge in [-0.25, -0.2) is 9.18 Å². The van der Waals surface area contributed by atoms with Gasteiger partial charge in [0.05, 0.1) is 29.8 Å². The molecular weight excluding hydrogens is 411 g/mol. The molecule has 3 aromatic rings. The summed E-state index contributed by atoms with van der Waals surface area (Å²) in [6.07, 6.45) is 2.65. The number of H-pyrrole nitrogens is 1. The van der Waals surface area contributed by atoms with Crippen LogP contribution in [0.2, 0.25) is 0 Å². The minimum absolute atomic E-state index is 0.225. The summed E-state index contributed by atoms with van der Waals surface area (Å²) in [7, 11) is 2.11. The van der Waals surface area contributed by atoms with Crippen LogP contribution in [0.4, 0.5) is 14.9 Å². The fraction of sp³-hybridized carbons (Fsp3) is 0.348. The first-order valence-electron chi connectivity index (χ1n) is 10.7.